The molecule has 1 aromatic rings. The molecule has 90 valence electrons. The van der Waals surface area contributed by atoms with Crippen molar-refractivity contribution in [2.24, 2.45) is 0 Å². The highest BCUT2D eigenvalue weighted by molar-refractivity contribution is 5.55. The predicted octanol–water partition coefficient (Wildman–Crippen LogP) is 3.36. The maximum absolute atomic E-state index is 9.77. The van der Waals surface area contributed by atoms with Crippen molar-refractivity contribution in [1.82, 2.24) is 0 Å². The first kappa shape index (κ1) is 13.0. The lowest BCUT2D eigenvalue weighted by atomic mass is 9.97. The molecule has 0 unspecified atom stereocenters. The molecule has 0 aliphatic heterocycles. The fourth-order valence-corrected chi connectivity index (χ4v) is 1.71. The lowest BCUT2D eigenvalue weighted by Crippen LogP contribution is -2.41. The number of aliphatic hydroxyl groups is 1. The van der Waals surface area contributed by atoms with Crippen molar-refractivity contribution in [2.45, 2.75) is 45.8 Å². The zero-order valence-electron chi connectivity index (χ0n) is 11.0. The Balaban J connectivity index is 3.13. The summed E-state index contributed by atoms with van der Waals surface area (Å²) in [6.45, 7) is 8.42. The molecular formula is C14H23NO. The van der Waals surface area contributed by atoms with Crippen LogP contribution in [0.2, 0.25) is 0 Å². The van der Waals surface area contributed by atoms with Gasteiger partial charge >= 0.3 is 0 Å². The van der Waals surface area contributed by atoms with Gasteiger partial charge in [-0.25, -0.2) is 0 Å². The minimum atomic E-state index is -0.425. The fraction of sp³-hybridized carbons (Fsp3) is 0.571. The Morgan fingerprint density at radius 2 is 1.88 bits per heavy atom. The number of hydrogen-bond donors (Lipinski definition) is 1. The third-order valence-corrected chi connectivity index (χ3v) is 3.52. The zero-order valence-corrected chi connectivity index (χ0v) is 11.0. The van der Waals surface area contributed by atoms with Gasteiger partial charge in [0.25, 0.3) is 0 Å². The smallest absolute Gasteiger partial charge is 0.0781 e. The van der Waals surface area contributed by atoms with Crippen molar-refractivity contribution < 1.29 is 5.11 Å². The molecule has 2 heteroatoms. The monoisotopic (exact) mass is 221 g/mol. The van der Waals surface area contributed by atoms with E-state index in [0.29, 0.717) is 0 Å². The lowest BCUT2D eigenvalue weighted by Gasteiger charge is -2.38. The first-order valence-corrected chi connectivity index (χ1v) is 5.91. The van der Waals surface area contributed by atoms with Crippen LogP contribution in [0.3, 0.4) is 0 Å². The molecule has 0 spiro atoms. The van der Waals surface area contributed by atoms with Crippen LogP contribution in [0.25, 0.3) is 0 Å². The average Bonchev–Trinajstić information content (AvgIpc) is 2.28. The fourth-order valence-electron chi connectivity index (χ4n) is 1.71. The molecule has 16 heavy (non-hydrogen) atoms. The van der Waals surface area contributed by atoms with Gasteiger partial charge in [-0.1, -0.05) is 25.1 Å². The number of nitrogens with zero attached hydrogens (tertiary/aromatic N) is 1. The van der Waals surface area contributed by atoms with Crippen LogP contribution in [0.4, 0.5) is 5.69 Å². The van der Waals surface area contributed by atoms with Gasteiger partial charge in [-0.2, -0.15) is 0 Å². The maximum atomic E-state index is 9.77. The van der Waals surface area contributed by atoms with Crippen molar-refractivity contribution in [1.29, 1.82) is 0 Å². The Bertz CT molecular complexity index is 344. The normalized spacial score (nSPS) is 13.6. The number of aliphatic hydroxyl groups excluding tert-OH is 1. The molecule has 0 radical (unpaired) electrons. The molecule has 0 bridgehead atoms. The molecule has 0 heterocycles. The van der Waals surface area contributed by atoms with Gasteiger partial charge in [0, 0.05) is 23.8 Å². The highest BCUT2D eigenvalue weighted by Gasteiger charge is 2.23. The van der Waals surface area contributed by atoms with Crippen molar-refractivity contribution in [3.8, 4) is 0 Å². The van der Waals surface area contributed by atoms with Gasteiger partial charge in [0.15, 0.2) is 0 Å². The second kappa shape index (κ2) is 4.88. The summed E-state index contributed by atoms with van der Waals surface area (Å²) >= 11 is 0. The SMILES string of the molecule is CCC(C)(C)N(C)c1ccccc1[C@@H](C)O. The summed E-state index contributed by atoms with van der Waals surface area (Å²) in [5.74, 6) is 0. The quantitative estimate of drug-likeness (QED) is 0.842. The highest BCUT2D eigenvalue weighted by atomic mass is 16.3. The summed E-state index contributed by atoms with van der Waals surface area (Å²) in [5, 5.41) is 9.77. The first-order chi connectivity index (χ1) is 7.40. The molecule has 1 rings (SSSR count). The van der Waals surface area contributed by atoms with Gasteiger partial charge in [-0.3, -0.25) is 0 Å². The third kappa shape index (κ3) is 2.56. The van der Waals surface area contributed by atoms with Gasteiger partial charge in [-0.15, -0.1) is 0 Å². The van der Waals surface area contributed by atoms with E-state index >= 15 is 0 Å². The van der Waals surface area contributed by atoms with Crippen LogP contribution in [-0.2, 0) is 0 Å². The molecule has 0 saturated carbocycles. The van der Waals surface area contributed by atoms with Gasteiger partial charge in [0.05, 0.1) is 6.10 Å². The zero-order chi connectivity index (χ0) is 12.3. The molecule has 1 N–H and O–H groups in total. The third-order valence-electron chi connectivity index (χ3n) is 3.52. The molecule has 2 nitrogen and oxygen atoms in total. The van der Waals surface area contributed by atoms with Crippen LogP contribution in [-0.4, -0.2) is 17.7 Å². The summed E-state index contributed by atoms with van der Waals surface area (Å²) in [6.07, 6.45) is 0.642. The molecule has 0 aliphatic rings. The lowest BCUT2D eigenvalue weighted by molar-refractivity contribution is 0.199. The molecule has 0 aliphatic carbocycles. The van der Waals surface area contributed by atoms with E-state index in [0.717, 1.165) is 17.7 Å². The van der Waals surface area contributed by atoms with E-state index < -0.39 is 6.10 Å². The highest BCUT2D eigenvalue weighted by Crippen LogP contribution is 2.31. The van der Waals surface area contributed by atoms with E-state index in [-0.39, 0.29) is 5.54 Å². The van der Waals surface area contributed by atoms with E-state index in [1.54, 1.807) is 0 Å². The second-order valence-electron chi connectivity index (χ2n) is 4.96. The van der Waals surface area contributed by atoms with Crippen LogP contribution >= 0.6 is 0 Å². The molecule has 0 fully saturated rings. The average molecular weight is 221 g/mol. The van der Waals surface area contributed by atoms with E-state index in [2.05, 4.69) is 38.8 Å². The predicted molar refractivity (Wildman–Crippen MR) is 69.8 cm³/mol. The van der Waals surface area contributed by atoms with Crippen LogP contribution in [0.5, 0.6) is 0 Å². The standard InChI is InChI=1S/C14H23NO/c1-6-14(3,4)15(5)13-10-8-7-9-12(13)11(2)16/h7-11,16H,6H2,1-5H3/t11-/m1/s1. The van der Waals surface area contributed by atoms with Crippen LogP contribution in [0.1, 0.15) is 45.8 Å². The largest absolute Gasteiger partial charge is 0.389 e. The van der Waals surface area contributed by atoms with Crippen molar-refractivity contribution >= 4 is 5.69 Å². The first-order valence-electron chi connectivity index (χ1n) is 5.91. The molecule has 0 amide bonds. The Morgan fingerprint density at radius 3 is 2.38 bits per heavy atom. The minimum Gasteiger partial charge on any atom is -0.389 e. The number of rotatable bonds is 4. The van der Waals surface area contributed by atoms with Crippen molar-refractivity contribution in [3.05, 3.63) is 29.8 Å². The molecule has 0 saturated heterocycles. The second-order valence-corrected chi connectivity index (χ2v) is 4.96. The minimum absolute atomic E-state index is 0.102. The Morgan fingerprint density at radius 1 is 1.31 bits per heavy atom. The van der Waals surface area contributed by atoms with Gasteiger partial charge in [-0.05, 0) is 33.3 Å². The number of para-hydroxylation sites is 1. The Hall–Kier alpha value is -1.02. The van der Waals surface area contributed by atoms with Gasteiger partial charge < -0.3 is 10.0 Å². The summed E-state index contributed by atoms with van der Waals surface area (Å²) < 4.78 is 0. The van der Waals surface area contributed by atoms with Crippen LogP contribution < -0.4 is 4.90 Å². The maximum Gasteiger partial charge on any atom is 0.0781 e. The molecular weight excluding hydrogens is 198 g/mol. The topological polar surface area (TPSA) is 23.5 Å². The Kier molecular flexibility index (Phi) is 3.98. The number of anilines is 1. The summed E-state index contributed by atoms with van der Waals surface area (Å²) in [7, 11) is 2.09. The molecule has 0 aromatic heterocycles. The Labute approximate surface area is 98.9 Å². The van der Waals surface area contributed by atoms with Crippen LogP contribution in [0.15, 0.2) is 24.3 Å². The van der Waals surface area contributed by atoms with E-state index in [1.807, 2.05) is 25.1 Å². The number of hydrogen-bond acceptors (Lipinski definition) is 2. The van der Waals surface area contributed by atoms with Gasteiger partial charge in [0.2, 0.25) is 0 Å². The van der Waals surface area contributed by atoms with E-state index in [4.69, 9.17) is 0 Å². The summed E-state index contributed by atoms with van der Waals surface area (Å²) in [6, 6.07) is 8.05. The van der Waals surface area contributed by atoms with Crippen LogP contribution in [0, 0.1) is 0 Å². The summed E-state index contributed by atoms with van der Waals surface area (Å²) in [5.41, 5.74) is 2.21. The van der Waals surface area contributed by atoms with Gasteiger partial charge in [0.1, 0.15) is 0 Å². The molecule has 1 aromatic carbocycles. The van der Waals surface area contributed by atoms with E-state index in [9.17, 15) is 5.11 Å². The van der Waals surface area contributed by atoms with Crippen molar-refractivity contribution in [3.63, 3.8) is 0 Å². The van der Waals surface area contributed by atoms with Crippen molar-refractivity contribution in [2.75, 3.05) is 11.9 Å². The molecule has 1 atom stereocenters. The van der Waals surface area contributed by atoms with E-state index in [1.165, 1.54) is 0 Å². The number of benzene rings is 1. The summed E-state index contributed by atoms with van der Waals surface area (Å²) in [4.78, 5) is 2.25.